The molecule has 13 nitrogen and oxygen atoms in total. The molecule has 0 fully saturated rings. The van der Waals surface area contributed by atoms with E-state index in [1.54, 1.807) is 45.8 Å². The van der Waals surface area contributed by atoms with E-state index in [1.165, 1.54) is 42.3 Å². The van der Waals surface area contributed by atoms with Crippen LogP contribution in [0.25, 0.3) is 11.4 Å². The van der Waals surface area contributed by atoms with E-state index in [0.29, 0.717) is 36.1 Å². The van der Waals surface area contributed by atoms with E-state index in [0.717, 1.165) is 47.5 Å². The van der Waals surface area contributed by atoms with Crippen molar-refractivity contribution in [3.63, 3.8) is 0 Å². The van der Waals surface area contributed by atoms with Crippen LogP contribution in [-0.2, 0) is 48.3 Å². The summed E-state index contributed by atoms with van der Waals surface area (Å²) >= 11 is 0. The third-order valence-electron chi connectivity index (χ3n) is 11.3. The molecule has 392 valence electrons. The minimum absolute atomic E-state index is 0. The van der Waals surface area contributed by atoms with Crippen molar-refractivity contribution >= 4 is 12.0 Å². The molecule has 0 bridgehead atoms. The summed E-state index contributed by atoms with van der Waals surface area (Å²) in [6.07, 6.45) is 9.90. The molecule has 0 unspecified atom stereocenters. The number of aliphatic hydroxyl groups is 2. The molecule has 6 rings (SSSR count). The second-order valence-corrected chi connectivity index (χ2v) is 20.0. The van der Waals surface area contributed by atoms with Gasteiger partial charge in [0.2, 0.25) is 5.91 Å². The van der Waals surface area contributed by atoms with Gasteiger partial charge in [0.15, 0.2) is 0 Å². The number of benzene rings is 4. The molecular weight excluding hydrogens is 1160 g/mol. The van der Waals surface area contributed by atoms with Gasteiger partial charge in [-0.1, -0.05) is 52.0 Å². The van der Waals surface area contributed by atoms with Crippen LogP contribution in [0.15, 0.2) is 110 Å². The summed E-state index contributed by atoms with van der Waals surface area (Å²) in [6, 6.07) is 17.4. The van der Waals surface area contributed by atoms with Crippen LogP contribution in [0.4, 0.5) is 22.4 Å². The first-order chi connectivity index (χ1) is 34.1. The Morgan fingerprint density at radius 1 is 0.603 bits per heavy atom. The van der Waals surface area contributed by atoms with Crippen LogP contribution in [0.3, 0.4) is 0 Å². The standard InChI is InChI=1S/C29H38F2N4O3.C26H32F2N4O2.Th/c1-19(2)10-20-6-7-26(35-9-8-32-18-35)22(11-20)16-33-17-27(36)25(34-28(37)38-29(3,4)5)14-21-12-23(30)15-24(31)13-21;1-17(2)8-19-4-5-25(32-7-6-29-16-32)21(9-19)14-30-15-26(34)24(31-18(3)33)12-20-10-22(27)13-23(28)11-20;/h6-9,11-13,15,18-19,25,27,33,36H,10,14,16-17H2,1-5H3,(H,34,37);4-7,9-11,13,16-17,24,26,30,34H,8,12,14-15H2,1-3H3,(H,31,33);/t25-,27+;24-,26+;/m00./s1. The average molecular weight is 1230 g/mol. The predicted molar refractivity (Wildman–Crippen MR) is 271 cm³/mol. The number of rotatable bonds is 22. The van der Waals surface area contributed by atoms with E-state index < -0.39 is 59.3 Å². The maximum atomic E-state index is 13.8. The molecule has 6 N–H and O–H groups in total. The third-order valence-corrected chi connectivity index (χ3v) is 11.3. The molecule has 0 aliphatic carbocycles. The maximum absolute atomic E-state index is 13.8. The second kappa shape index (κ2) is 29.1. The molecule has 2 heterocycles. The van der Waals surface area contributed by atoms with Crippen LogP contribution >= 0.6 is 0 Å². The summed E-state index contributed by atoms with van der Waals surface area (Å²) in [4.78, 5) is 32.4. The fraction of sp³-hybridized carbons (Fsp3) is 0.418. The monoisotopic (exact) mass is 1230 g/mol. The number of carbonyl (C=O) groups excluding carboxylic acids is 2. The summed E-state index contributed by atoms with van der Waals surface area (Å²) in [5.74, 6) is -2.15. The fourth-order valence-electron chi connectivity index (χ4n) is 8.31. The Kier molecular flexibility index (Phi) is 24.1. The van der Waals surface area contributed by atoms with Crippen molar-refractivity contribution in [2.45, 2.75) is 124 Å². The number of ether oxygens (including phenoxy) is 1. The van der Waals surface area contributed by atoms with Gasteiger partial charge in [-0.25, -0.2) is 32.3 Å². The zero-order valence-corrected chi connectivity index (χ0v) is 47.0. The number of halogens is 4. The first-order valence-corrected chi connectivity index (χ1v) is 24.2. The van der Waals surface area contributed by atoms with Gasteiger partial charge in [-0.3, -0.25) is 4.79 Å². The number of carbonyl (C=O) groups is 2. The van der Waals surface area contributed by atoms with E-state index in [9.17, 15) is 37.4 Å². The smallest absolute Gasteiger partial charge is 0.407 e. The van der Waals surface area contributed by atoms with Crippen LogP contribution in [0.1, 0.15) is 88.8 Å². The number of hydrogen-bond acceptors (Lipinski definition) is 9. The molecule has 0 aliphatic rings. The molecule has 2 amide bonds. The number of nitrogens with one attached hydrogen (secondary N) is 4. The Morgan fingerprint density at radius 2 is 1.00 bits per heavy atom. The Labute approximate surface area is 458 Å². The van der Waals surface area contributed by atoms with E-state index in [2.05, 4.69) is 95.3 Å². The molecule has 6 aromatic rings. The largest absolute Gasteiger partial charge is 0.444 e. The topological polar surface area (TPSA) is 168 Å². The Morgan fingerprint density at radius 3 is 1.34 bits per heavy atom. The molecule has 0 saturated heterocycles. The number of hydrogen-bond donors (Lipinski definition) is 6. The van der Waals surface area contributed by atoms with Gasteiger partial charge in [0.1, 0.15) is 28.9 Å². The van der Waals surface area contributed by atoms with Crippen molar-refractivity contribution in [2.75, 3.05) is 13.1 Å². The van der Waals surface area contributed by atoms with Gasteiger partial charge in [0, 0.05) is 110 Å². The van der Waals surface area contributed by atoms with Crippen molar-refractivity contribution in [3.8, 4) is 11.4 Å². The van der Waals surface area contributed by atoms with Gasteiger partial charge in [-0.2, -0.15) is 0 Å². The number of alkyl carbamates (subject to hydrolysis) is 1. The molecule has 2 aromatic heterocycles. The molecule has 0 spiro atoms. The van der Waals surface area contributed by atoms with Gasteiger partial charge in [-0.05, 0) is 128 Å². The molecular formula is C55H70F4N8O5Th. The number of aliphatic hydroxyl groups excluding tert-OH is 2. The summed E-state index contributed by atoms with van der Waals surface area (Å²) in [5, 5.41) is 33.7. The number of imidazole rings is 2. The summed E-state index contributed by atoms with van der Waals surface area (Å²) in [7, 11) is 0. The molecule has 0 aliphatic heterocycles. The third kappa shape index (κ3) is 21.0. The van der Waals surface area contributed by atoms with E-state index in [4.69, 9.17) is 4.74 Å². The Bertz CT molecular complexity index is 2610. The van der Waals surface area contributed by atoms with Gasteiger partial charge in [0.25, 0.3) is 0 Å². The minimum Gasteiger partial charge on any atom is -0.444 e. The SMILES string of the molecule is CC(=O)N[C@@H](Cc1cc(F)cc(F)c1)[C@H](O)CNCc1cc(CC(C)C)ccc1-n1ccnc1.CC(C)Cc1ccc(-n2ccnc2)c(CNC[C@@H](O)[C@H](Cc2cc(F)cc(F)c2)NC(=O)OC(C)(C)C)c1.[Th]. The number of amides is 2. The van der Waals surface area contributed by atoms with Gasteiger partial charge >= 0.3 is 6.09 Å². The Balaban J connectivity index is 0.000000314. The number of nitrogens with zero attached hydrogens (tertiary/aromatic N) is 4. The zero-order valence-electron chi connectivity index (χ0n) is 42.9. The Hall–Kier alpha value is -5.08. The van der Waals surface area contributed by atoms with Crippen LogP contribution in [0.5, 0.6) is 0 Å². The van der Waals surface area contributed by atoms with Gasteiger partial charge in [0.05, 0.1) is 48.3 Å². The van der Waals surface area contributed by atoms with Crippen molar-refractivity contribution in [2.24, 2.45) is 11.8 Å². The molecule has 73 heavy (non-hydrogen) atoms. The van der Waals surface area contributed by atoms with Crippen LogP contribution in [-0.4, -0.2) is 84.3 Å². The van der Waals surface area contributed by atoms with Crippen molar-refractivity contribution in [1.29, 1.82) is 0 Å². The van der Waals surface area contributed by atoms with Crippen molar-refractivity contribution in [3.05, 3.63) is 167 Å². The van der Waals surface area contributed by atoms with Crippen LogP contribution in [0, 0.1) is 75.0 Å². The van der Waals surface area contributed by atoms with Gasteiger partial charge in [-0.15, -0.1) is 0 Å². The van der Waals surface area contributed by atoms with Crippen molar-refractivity contribution < 1.29 is 82.0 Å². The normalized spacial score (nSPS) is 13.1. The maximum Gasteiger partial charge on any atom is 0.407 e. The zero-order chi connectivity index (χ0) is 52.5. The average Bonchev–Trinajstić information content (AvgIpc) is 4.01. The summed E-state index contributed by atoms with van der Waals surface area (Å²) < 4.78 is 64.0. The van der Waals surface area contributed by atoms with Gasteiger partial charge < -0.3 is 45.4 Å². The quantitative estimate of drug-likeness (QED) is 0.0366. The first kappa shape index (κ1) is 60.5. The van der Waals surface area contributed by atoms with E-state index in [1.807, 2.05) is 21.5 Å². The summed E-state index contributed by atoms with van der Waals surface area (Å²) in [6.45, 7) is 16.4. The van der Waals surface area contributed by atoms with Crippen LogP contribution < -0.4 is 21.3 Å². The predicted octanol–water partition coefficient (Wildman–Crippen LogP) is 8.48. The van der Waals surface area contributed by atoms with Crippen molar-refractivity contribution in [1.82, 2.24) is 40.4 Å². The molecule has 0 radical (unpaired) electrons. The van der Waals surface area contributed by atoms with E-state index >= 15 is 0 Å². The molecule has 4 atom stereocenters. The minimum atomic E-state index is -1.07. The first-order valence-electron chi connectivity index (χ1n) is 24.2. The number of aromatic nitrogens is 4. The van der Waals surface area contributed by atoms with E-state index in [-0.39, 0.29) is 71.8 Å². The molecule has 18 heteroatoms. The molecule has 0 saturated carbocycles. The second-order valence-electron chi connectivity index (χ2n) is 20.0. The summed E-state index contributed by atoms with van der Waals surface area (Å²) in [5.41, 5.74) is 6.39. The van der Waals surface area contributed by atoms with Crippen LogP contribution in [0.2, 0.25) is 0 Å². The molecule has 4 aromatic carbocycles. The fourth-order valence-corrected chi connectivity index (χ4v) is 8.31.